The van der Waals surface area contributed by atoms with Gasteiger partial charge in [-0.25, -0.2) is 4.39 Å². The third kappa shape index (κ3) is 1.67. The van der Waals surface area contributed by atoms with Crippen molar-refractivity contribution in [2.45, 2.75) is 25.8 Å². The van der Waals surface area contributed by atoms with Crippen LogP contribution in [0.25, 0.3) is 0 Å². The molecule has 1 aliphatic carbocycles. The molecule has 1 saturated carbocycles. The fraction of sp³-hybridized carbons (Fsp3) is 0.500. The molecule has 1 aliphatic rings. The molecule has 2 N–H and O–H groups in total. The zero-order chi connectivity index (χ0) is 10.1. The Morgan fingerprint density at radius 2 is 2.21 bits per heavy atom. The molecule has 1 aromatic carbocycles. The van der Waals surface area contributed by atoms with Gasteiger partial charge in [0, 0.05) is 11.6 Å². The van der Waals surface area contributed by atoms with Crippen LogP contribution in [-0.2, 0) is 0 Å². The van der Waals surface area contributed by atoms with Gasteiger partial charge in [-0.2, -0.15) is 0 Å². The van der Waals surface area contributed by atoms with E-state index in [2.05, 4.69) is 6.92 Å². The van der Waals surface area contributed by atoms with Gasteiger partial charge in [0.05, 0.1) is 0 Å². The monoisotopic (exact) mass is 193 g/mol. The van der Waals surface area contributed by atoms with Crippen LogP contribution in [0.4, 0.5) is 4.39 Å². The van der Waals surface area contributed by atoms with Crippen molar-refractivity contribution in [3.8, 4) is 0 Å². The minimum Gasteiger partial charge on any atom is -0.324 e. The number of nitrogens with two attached hydrogens (primary N) is 1. The van der Waals surface area contributed by atoms with Crippen molar-refractivity contribution in [1.82, 2.24) is 0 Å². The van der Waals surface area contributed by atoms with Gasteiger partial charge in [0.25, 0.3) is 0 Å². The molecule has 14 heavy (non-hydrogen) atoms. The van der Waals surface area contributed by atoms with Gasteiger partial charge in [-0.1, -0.05) is 31.5 Å². The summed E-state index contributed by atoms with van der Waals surface area (Å²) in [6.07, 6.45) is 2.32. The van der Waals surface area contributed by atoms with Crippen molar-refractivity contribution in [3.63, 3.8) is 0 Å². The molecular formula is C12H16FN. The van der Waals surface area contributed by atoms with E-state index in [0.29, 0.717) is 17.4 Å². The molecule has 0 aliphatic heterocycles. The summed E-state index contributed by atoms with van der Waals surface area (Å²) in [5.74, 6) is 1.04. The maximum Gasteiger partial charge on any atom is 0.127 e. The van der Waals surface area contributed by atoms with Gasteiger partial charge in [0.2, 0.25) is 0 Å². The zero-order valence-corrected chi connectivity index (χ0v) is 8.41. The van der Waals surface area contributed by atoms with Gasteiger partial charge >= 0.3 is 0 Å². The minimum absolute atomic E-state index is 0.110. The van der Waals surface area contributed by atoms with Gasteiger partial charge in [-0.3, -0.25) is 0 Å². The lowest BCUT2D eigenvalue weighted by atomic mass is 10.0. The third-order valence-electron chi connectivity index (χ3n) is 3.23. The summed E-state index contributed by atoms with van der Waals surface area (Å²) in [6, 6.07) is 6.72. The third-order valence-corrected chi connectivity index (χ3v) is 3.23. The Labute approximate surface area is 84.1 Å². The summed E-state index contributed by atoms with van der Waals surface area (Å²) in [5, 5.41) is 0. The van der Waals surface area contributed by atoms with E-state index in [9.17, 15) is 4.39 Å². The molecule has 0 spiro atoms. The van der Waals surface area contributed by atoms with Crippen molar-refractivity contribution in [2.24, 2.45) is 17.6 Å². The lowest BCUT2D eigenvalue weighted by Gasteiger charge is -2.12. The Bertz CT molecular complexity index is 324. The molecule has 2 rings (SSSR count). The second-order valence-corrected chi connectivity index (χ2v) is 4.12. The van der Waals surface area contributed by atoms with Crippen molar-refractivity contribution >= 4 is 0 Å². The van der Waals surface area contributed by atoms with E-state index in [1.54, 1.807) is 12.1 Å². The largest absolute Gasteiger partial charge is 0.324 e. The van der Waals surface area contributed by atoms with Crippen LogP contribution in [0.15, 0.2) is 24.3 Å². The van der Waals surface area contributed by atoms with Gasteiger partial charge in [-0.05, 0) is 24.3 Å². The van der Waals surface area contributed by atoms with Crippen LogP contribution >= 0.6 is 0 Å². The molecule has 0 radical (unpaired) electrons. The summed E-state index contributed by atoms with van der Waals surface area (Å²) in [6.45, 7) is 2.17. The molecule has 76 valence electrons. The first-order valence-corrected chi connectivity index (χ1v) is 5.24. The summed E-state index contributed by atoms with van der Waals surface area (Å²) < 4.78 is 13.4. The zero-order valence-electron chi connectivity index (χ0n) is 8.41. The quantitative estimate of drug-likeness (QED) is 0.784. The molecule has 0 aromatic heterocycles. The van der Waals surface area contributed by atoms with E-state index in [1.807, 2.05) is 6.07 Å². The Hall–Kier alpha value is -0.890. The average Bonchev–Trinajstić information content (AvgIpc) is 2.96. The normalized spacial score (nSPS) is 27.4. The van der Waals surface area contributed by atoms with Crippen LogP contribution in [0.3, 0.4) is 0 Å². The highest BCUT2D eigenvalue weighted by molar-refractivity contribution is 5.23. The molecule has 0 saturated heterocycles. The maximum absolute atomic E-state index is 13.4. The molecule has 0 bridgehead atoms. The second kappa shape index (κ2) is 3.70. The van der Waals surface area contributed by atoms with Crippen LogP contribution in [0.1, 0.15) is 31.4 Å². The van der Waals surface area contributed by atoms with Gasteiger partial charge < -0.3 is 5.73 Å². The topological polar surface area (TPSA) is 26.0 Å². The fourth-order valence-corrected chi connectivity index (χ4v) is 2.16. The highest BCUT2D eigenvalue weighted by Gasteiger charge is 2.40. The van der Waals surface area contributed by atoms with Gasteiger partial charge in [0.15, 0.2) is 0 Å². The number of halogens is 1. The highest BCUT2D eigenvalue weighted by atomic mass is 19.1. The van der Waals surface area contributed by atoms with E-state index in [0.717, 1.165) is 12.8 Å². The Kier molecular flexibility index (Phi) is 2.55. The molecule has 1 nitrogen and oxygen atoms in total. The smallest absolute Gasteiger partial charge is 0.127 e. The van der Waals surface area contributed by atoms with E-state index < -0.39 is 0 Å². The minimum atomic E-state index is -0.165. The van der Waals surface area contributed by atoms with Crippen molar-refractivity contribution in [1.29, 1.82) is 0 Å². The summed E-state index contributed by atoms with van der Waals surface area (Å²) in [5.41, 5.74) is 6.70. The van der Waals surface area contributed by atoms with Crippen LogP contribution in [0.5, 0.6) is 0 Å². The fourth-order valence-electron chi connectivity index (χ4n) is 2.16. The number of rotatable bonds is 3. The van der Waals surface area contributed by atoms with Gasteiger partial charge in [-0.15, -0.1) is 0 Å². The predicted octanol–water partition coefficient (Wildman–Crippen LogP) is 2.87. The molecule has 2 heteroatoms. The molecule has 1 fully saturated rings. The number of hydrogen-bond donors (Lipinski definition) is 1. The first-order valence-electron chi connectivity index (χ1n) is 5.24. The average molecular weight is 193 g/mol. The first kappa shape index (κ1) is 9.66. The molecular weight excluding hydrogens is 177 g/mol. The highest BCUT2D eigenvalue weighted by Crippen LogP contribution is 2.48. The molecule has 1 unspecified atom stereocenters. The van der Waals surface area contributed by atoms with Gasteiger partial charge in [0.1, 0.15) is 5.82 Å². The predicted molar refractivity (Wildman–Crippen MR) is 55.2 cm³/mol. The second-order valence-electron chi connectivity index (χ2n) is 4.12. The molecule has 0 amide bonds. The van der Waals surface area contributed by atoms with Crippen molar-refractivity contribution in [3.05, 3.63) is 35.6 Å². The SMILES string of the molecule is CC[C@@H]1C[C@H]1C(N)c1ccccc1F. The van der Waals surface area contributed by atoms with E-state index in [1.165, 1.54) is 6.07 Å². The van der Waals surface area contributed by atoms with E-state index >= 15 is 0 Å². The van der Waals surface area contributed by atoms with Crippen molar-refractivity contribution in [2.75, 3.05) is 0 Å². The van der Waals surface area contributed by atoms with Crippen LogP contribution in [0.2, 0.25) is 0 Å². The van der Waals surface area contributed by atoms with Crippen LogP contribution in [-0.4, -0.2) is 0 Å². The molecule has 1 aromatic rings. The Morgan fingerprint density at radius 3 is 2.79 bits per heavy atom. The Balaban J connectivity index is 2.12. The number of hydrogen-bond acceptors (Lipinski definition) is 1. The van der Waals surface area contributed by atoms with E-state index in [-0.39, 0.29) is 11.9 Å². The Morgan fingerprint density at radius 1 is 1.50 bits per heavy atom. The maximum atomic E-state index is 13.4. The van der Waals surface area contributed by atoms with Crippen LogP contribution < -0.4 is 5.73 Å². The van der Waals surface area contributed by atoms with E-state index in [4.69, 9.17) is 5.73 Å². The van der Waals surface area contributed by atoms with Crippen LogP contribution in [0, 0.1) is 17.7 Å². The summed E-state index contributed by atoms with van der Waals surface area (Å²) in [4.78, 5) is 0. The summed E-state index contributed by atoms with van der Waals surface area (Å²) >= 11 is 0. The lowest BCUT2D eigenvalue weighted by Crippen LogP contribution is -2.15. The first-order chi connectivity index (χ1) is 6.74. The molecule has 3 atom stereocenters. The van der Waals surface area contributed by atoms with Crippen molar-refractivity contribution < 1.29 is 4.39 Å². The lowest BCUT2D eigenvalue weighted by molar-refractivity contribution is 0.525. The molecule has 0 heterocycles. The number of benzene rings is 1. The summed E-state index contributed by atoms with van der Waals surface area (Å²) in [7, 11) is 0. The standard InChI is InChI=1S/C12H16FN/c1-2-8-7-10(8)12(14)9-5-3-4-6-11(9)13/h3-6,8,10,12H,2,7,14H2,1H3/t8-,10-,12?/m1/s1.